The number of ether oxygens (including phenoxy) is 2. The van der Waals surface area contributed by atoms with Gasteiger partial charge in [-0.1, -0.05) is 0 Å². The van der Waals surface area contributed by atoms with E-state index in [1.807, 2.05) is 0 Å². The molecule has 0 aromatic carbocycles. The molecule has 0 saturated carbocycles. The fourth-order valence-corrected chi connectivity index (χ4v) is 1.21. The van der Waals surface area contributed by atoms with Crippen molar-refractivity contribution in [3.8, 4) is 0 Å². The normalized spacial score (nSPS) is 12.0. The van der Waals surface area contributed by atoms with E-state index in [4.69, 9.17) is 9.47 Å². The first-order valence-corrected chi connectivity index (χ1v) is 4.85. The molecule has 0 aliphatic rings. The van der Waals surface area contributed by atoms with Gasteiger partial charge in [0.05, 0.1) is 6.61 Å². The minimum absolute atomic E-state index is 0.0851. The Morgan fingerprint density at radius 1 is 1.08 bits per heavy atom. The molecule has 1 N–H and O–H groups in total. The second-order valence-corrected chi connectivity index (χ2v) is 3.94. The first-order valence-electron chi connectivity index (χ1n) is 4.85. The Hall–Kier alpha value is -0.120. The first kappa shape index (κ1) is 12.9. The zero-order chi connectivity index (χ0) is 10.2. The monoisotopic (exact) mass is 189 g/mol. The van der Waals surface area contributed by atoms with Crippen molar-refractivity contribution < 1.29 is 9.47 Å². The summed E-state index contributed by atoms with van der Waals surface area (Å²) >= 11 is 0. The third-order valence-electron chi connectivity index (χ3n) is 1.88. The van der Waals surface area contributed by atoms with Crippen LogP contribution >= 0.6 is 0 Å². The molecule has 0 radical (unpaired) electrons. The Labute approximate surface area is 81.8 Å². The lowest BCUT2D eigenvalue weighted by Crippen LogP contribution is -2.43. The largest absolute Gasteiger partial charge is 0.385 e. The van der Waals surface area contributed by atoms with Crippen molar-refractivity contribution in [2.45, 2.75) is 32.2 Å². The van der Waals surface area contributed by atoms with Gasteiger partial charge in [-0.15, -0.1) is 0 Å². The fourth-order valence-electron chi connectivity index (χ4n) is 1.21. The summed E-state index contributed by atoms with van der Waals surface area (Å²) in [6, 6.07) is 0. The highest BCUT2D eigenvalue weighted by atomic mass is 16.5. The van der Waals surface area contributed by atoms with Gasteiger partial charge in [0.1, 0.15) is 0 Å². The minimum atomic E-state index is 0.0851. The summed E-state index contributed by atoms with van der Waals surface area (Å²) in [4.78, 5) is 0. The second-order valence-electron chi connectivity index (χ2n) is 3.94. The summed E-state index contributed by atoms with van der Waals surface area (Å²) in [6.45, 7) is 6.92. The third kappa shape index (κ3) is 8.22. The van der Waals surface area contributed by atoms with Gasteiger partial charge in [0.25, 0.3) is 0 Å². The van der Waals surface area contributed by atoms with Gasteiger partial charge in [0.2, 0.25) is 0 Å². The van der Waals surface area contributed by atoms with Crippen molar-refractivity contribution in [3.63, 3.8) is 0 Å². The molecule has 0 saturated heterocycles. The van der Waals surface area contributed by atoms with Crippen molar-refractivity contribution in [3.05, 3.63) is 0 Å². The van der Waals surface area contributed by atoms with Crippen molar-refractivity contribution in [1.29, 1.82) is 0 Å². The zero-order valence-corrected chi connectivity index (χ0v) is 9.35. The summed E-state index contributed by atoms with van der Waals surface area (Å²) in [7, 11) is 3.47. The molecule has 0 aliphatic carbocycles. The van der Waals surface area contributed by atoms with Gasteiger partial charge in [0.15, 0.2) is 0 Å². The molecular formula is C10H23NO2. The molecule has 80 valence electrons. The standard InChI is InChI=1S/C10H23NO2/c1-10(2,9-13-4)11-7-5-6-8-12-3/h11H,5-9H2,1-4H3. The van der Waals surface area contributed by atoms with Gasteiger partial charge >= 0.3 is 0 Å². The molecule has 0 aliphatic heterocycles. The lowest BCUT2D eigenvalue weighted by Gasteiger charge is -2.25. The molecule has 0 unspecified atom stereocenters. The van der Waals surface area contributed by atoms with E-state index >= 15 is 0 Å². The zero-order valence-electron chi connectivity index (χ0n) is 9.35. The quantitative estimate of drug-likeness (QED) is 0.586. The first-order chi connectivity index (χ1) is 6.12. The molecular weight excluding hydrogens is 166 g/mol. The molecule has 0 rings (SSSR count). The Morgan fingerprint density at radius 2 is 1.77 bits per heavy atom. The highest BCUT2D eigenvalue weighted by Crippen LogP contribution is 2.02. The summed E-state index contributed by atoms with van der Waals surface area (Å²) in [5.41, 5.74) is 0.0851. The van der Waals surface area contributed by atoms with Crippen molar-refractivity contribution in [2.75, 3.05) is 34.0 Å². The second kappa shape index (κ2) is 7.30. The number of hydrogen-bond acceptors (Lipinski definition) is 3. The average molecular weight is 189 g/mol. The van der Waals surface area contributed by atoms with Crippen LogP contribution in [0.1, 0.15) is 26.7 Å². The van der Waals surface area contributed by atoms with Crippen LogP contribution in [0.5, 0.6) is 0 Å². The predicted octanol–water partition coefficient (Wildman–Crippen LogP) is 1.43. The summed E-state index contributed by atoms with van der Waals surface area (Å²) in [6.07, 6.45) is 2.27. The SMILES string of the molecule is COCCCCNC(C)(C)COC. The van der Waals surface area contributed by atoms with Crippen molar-refractivity contribution in [2.24, 2.45) is 0 Å². The van der Waals surface area contributed by atoms with E-state index in [0.29, 0.717) is 0 Å². The van der Waals surface area contributed by atoms with Crippen LogP contribution in [0.4, 0.5) is 0 Å². The third-order valence-corrected chi connectivity index (χ3v) is 1.88. The molecule has 3 heteroatoms. The molecule has 0 heterocycles. The summed E-state index contributed by atoms with van der Waals surface area (Å²) in [5.74, 6) is 0. The lowest BCUT2D eigenvalue weighted by molar-refractivity contribution is 0.127. The molecule has 0 amide bonds. The van der Waals surface area contributed by atoms with E-state index in [1.165, 1.54) is 0 Å². The smallest absolute Gasteiger partial charge is 0.0639 e. The van der Waals surface area contributed by atoms with Crippen LogP contribution in [0.3, 0.4) is 0 Å². The van der Waals surface area contributed by atoms with Gasteiger partial charge in [-0.05, 0) is 33.2 Å². The van der Waals surface area contributed by atoms with E-state index in [9.17, 15) is 0 Å². The molecule has 0 atom stereocenters. The number of rotatable bonds is 8. The summed E-state index contributed by atoms with van der Waals surface area (Å²) < 4.78 is 10.1. The fraction of sp³-hybridized carbons (Fsp3) is 1.00. The number of unbranched alkanes of at least 4 members (excludes halogenated alkanes) is 1. The van der Waals surface area contributed by atoms with E-state index in [2.05, 4.69) is 19.2 Å². The number of nitrogens with one attached hydrogen (secondary N) is 1. The maximum Gasteiger partial charge on any atom is 0.0639 e. The number of hydrogen-bond donors (Lipinski definition) is 1. The van der Waals surface area contributed by atoms with Crippen LogP contribution in [0.25, 0.3) is 0 Å². The molecule has 0 spiro atoms. The van der Waals surface area contributed by atoms with Crippen LogP contribution < -0.4 is 5.32 Å². The Bertz CT molecular complexity index is 115. The average Bonchev–Trinajstić information content (AvgIpc) is 2.04. The van der Waals surface area contributed by atoms with E-state index in [0.717, 1.165) is 32.6 Å². The Kier molecular flexibility index (Phi) is 7.23. The van der Waals surface area contributed by atoms with E-state index in [-0.39, 0.29) is 5.54 Å². The van der Waals surface area contributed by atoms with Gasteiger partial charge in [-0.25, -0.2) is 0 Å². The Morgan fingerprint density at radius 3 is 2.31 bits per heavy atom. The predicted molar refractivity (Wildman–Crippen MR) is 55.1 cm³/mol. The van der Waals surface area contributed by atoms with Gasteiger partial charge in [0, 0.05) is 26.4 Å². The van der Waals surface area contributed by atoms with E-state index in [1.54, 1.807) is 14.2 Å². The molecule has 13 heavy (non-hydrogen) atoms. The maximum absolute atomic E-state index is 5.10. The lowest BCUT2D eigenvalue weighted by atomic mass is 10.1. The minimum Gasteiger partial charge on any atom is -0.385 e. The number of methoxy groups -OCH3 is 2. The highest BCUT2D eigenvalue weighted by molar-refractivity contribution is 4.76. The molecule has 0 aromatic rings. The van der Waals surface area contributed by atoms with Gasteiger partial charge in [-0.2, -0.15) is 0 Å². The van der Waals surface area contributed by atoms with Crippen LogP contribution in [-0.2, 0) is 9.47 Å². The van der Waals surface area contributed by atoms with Gasteiger partial charge < -0.3 is 14.8 Å². The molecule has 0 bridgehead atoms. The summed E-state index contributed by atoms with van der Waals surface area (Å²) in [5, 5.41) is 3.44. The highest BCUT2D eigenvalue weighted by Gasteiger charge is 2.15. The van der Waals surface area contributed by atoms with Gasteiger partial charge in [-0.3, -0.25) is 0 Å². The molecule has 0 fully saturated rings. The van der Waals surface area contributed by atoms with Crippen molar-refractivity contribution in [1.82, 2.24) is 5.32 Å². The van der Waals surface area contributed by atoms with E-state index < -0.39 is 0 Å². The van der Waals surface area contributed by atoms with Crippen molar-refractivity contribution >= 4 is 0 Å². The Balaban J connectivity index is 3.29. The van der Waals surface area contributed by atoms with Crippen LogP contribution in [-0.4, -0.2) is 39.5 Å². The van der Waals surface area contributed by atoms with Crippen LogP contribution in [0.15, 0.2) is 0 Å². The molecule has 0 aromatic heterocycles. The van der Waals surface area contributed by atoms with Crippen LogP contribution in [0, 0.1) is 0 Å². The molecule has 3 nitrogen and oxygen atoms in total. The maximum atomic E-state index is 5.10. The van der Waals surface area contributed by atoms with Crippen LogP contribution in [0.2, 0.25) is 0 Å². The topological polar surface area (TPSA) is 30.5 Å².